The summed E-state index contributed by atoms with van der Waals surface area (Å²) in [5.74, 6) is 1.05. The average molecular weight is 1470 g/mol. The molecule has 562 valence electrons. The molecule has 0 atom stereocenters. The number of ketones is 3. The number of aryl methyl sites for hydroxylation is 12. The molecule has 1 amide bonds. The van der Waals surface area contributed by atoms with Crippen LogP contribution in [0.15, 0.2) is 196 Å². The summed E-state index contributed by atoms with van der Waals surface area (Å²) in [5, 5.41) is 6.90. The first-order valence-electron chi connectivity index (χ1n) is 38.2. The number of hydrogen-bond donors (Lipinski definition) is 2. The topological polar surface area (TPSA) is 213 Å². The van der Waals surface area contributed by atoms with Crippen LogP contribution in [0.1, 0.15) is 129 Å². The van der Waals surface area contributed by atoms with Crippen molar-refractivity contribution in [1.82, 2.24) is 33.1 Å². The molecular weight excluding hydrogens is 1370 g/mol. The summed E-state index contributed by atoms with van der Waals surface area (Å²) < 4.78 is 6.54. The number of likely N-dealkylation sites (tertiary alicyclic amines) is 1. The van der Waals surface area contributed by atoms with Gasteiger partial charge in [-0.15, -0.1) is 0 Å². The molecule has 3 aliphatic carbocycles. The van der Waals surface area contributed by atoms with Gasteiger partial charge in [0.1, 0.15) is 17.3 Å². The Balaban J connectivity index is 0.000000129. The number of pyridine rings is 6. The molecule has 18 heteroatoms. The quantitative estimate of drug-likeness (QED) is 0.110. The second-order valence-electron chi connectivity index (χ2n) is 30.2. The highest BCUT2D eigenvalue weighted by molar-refractivity contribution is 5.97. The highest BCUT2D eigenvalue weighted by atomic mass is 16.2. The van der Waals surface area contributed by atoms with E-state index in [0.717, 1.165) is 158 Å². The van der Waals surface area contributed by atoms with Gasteiger partial charge in [-0.25, -0.2) is 0 Å². The summed E-state index contributed by atoms with van der Waals surface area (Å²) in [7, 11) is 8.99. The molecule has 6 aromatic heterocycles. The maximum Gasteiger partial charge on any atom is 0.253 e. The first-order valence-corrected chi connectivity index (χ1v) is 38.2. The largest absolute Gasteiger partial charge is 0.379 e. The number of benzene rings is 5. The second kappa shape index (κ2) is 33.8. The Morgan fingerprint density at radius 1 is 0.418 bits per heavy atom. The lowest BCUT2D eigenvalue weighted by Crippen LogP contribution is -2.31. The van der Waals surface area contributed by atoms with Crippen molar-refractivity contribution in [3.63, 3.8) is 0 Å². The van der Waals surface area contributed by atoms with Crippen LogP contribution in [0.2, 0.25) is 0 Å². The number of fused-ring (bicyclic) bond motifs is 4. The molecule has 110 heavy (non-hydrogen) atoms. The third-order valence-corrected chi connectivity index (χ3v) is 21.9. The summed E-state index contributed by atoms with van der Waals surface area (Å²) in [5.41, 5.74) is 28.2. The van der Waals surface area contributed by atoms with Crippen molar-refractivity contribution in [1.29, 1.82) is 0 Å². The zero-order chi connectivity index (χ0) is 77.4. The molecule has 1 fully saturated rings. The lowest BCUT2D eigenvalue weighted by molar-refractivity contribution is -0.119. The molecule has 8 heterocycles. The fourth-order valence-corrected chi connectivity index (χ4v) is 15.9. The van der Waals surface area contributed by atoms with E-state index in [1.165, 1.54) is 58.2 Å². The van der Waals surface area contributed by atoms with E-state index in [4.69, 9.17) is 0 Å². The lowest BCUT2D eigenvalue weighted by atomic mass is 9.84. The van der Waals surface area contributed by atoms with Gasteiger partial charge < -0.3 is 33.8 Å². The normalized spacial score (nSPS) is 14.5. The number of carbonyl (C=O) groups excluding carboxylic acids is 4. The predicted octanol–water partition coefficient (Wildman–Crippen LogP) is 14.2. The molecule has 0 spiro atoms. The van der Waals surface area contributed by atoms with Gasteiger partial charge in [0.05, 0.1) is 24.1 Å². The highest BCUT2D eigenvalue weighted by Crippen LogP contribution is 2.39. The van der Waals surface area contributed by atoms with E-state index >= 15 is 0 Å². The smallest absolute Gasteiger partial charge is 0.253 e. The fourth-order valence-electron chi connectivity index (χ4n) is 15.9. The van der Waals surface area contributed by atoms with Crippen molar-refractivity contribution in [3.05, 3.63) is 302 Å². The van der Waals surface area contributed by atoms with Crippen molar-refractivity contribution in [2.75, 3.05) is 35.7 Å². The summed E-state index contributed by atoms with van der Waals surface area (Å²) in [6.07, 6.45) is 24.4. The summed E-state index contributed by atoms with van der Waals surface area (Å²) in [4.78, 5) is 110. The molecular formula is C92H96N10O8. The standard InChI is InChI=1S/C24H24N2O2.C23H23N3O2.C23H28N2O2.C22H21N3O2/c1-16-11-20(15-25(2)24(16)28)21-13-18-9-10-23(27)26(3)22(18)14-19(21)12-17-7-5-4-6-8-17;1-15-9-18(14-26(2)23(15)28)17-10-16-6-7-20(27)12-21(16)22(11-17)25-13-19-5-3-4-8-24-19;1-16-10-19(14-24(2)23(16)27)18-11-17-6-7-21(26)13-22(17)20(12-18)15-25-8-4-3-5-9-25;1-14-8-17(13-25(2)22(14)27)16-9-15-5-6-19(26)11-20(15)21(10-16)24-18-4-3-7-23-12-18/h4-8,11,13-15H,9-10,12H2,1-3H3;3-5,8-11,14,25H,6-7,12-13H2,1-2H3;10-12,14H,3-9,13,15H2,1-2H3;3-4,7-10,12-13,24H,5-6,11H2,1-2H3. The van der Waals surface area contributed by atoms with Crippen LogP contribution < -0.4 is 37.8 Å². The van der Waals surface area contributed by atoms with Crippen LogP contribution >= 0.6 is 0 Å². The molecule has 0 radical (unpaired) electrons. The number of carbonyl (C=O) groups is 4. The van der Waals surface area contributed by atoms with Gasteiger partial charge in [-0.2, -0.15) is 0 Å². The molecule has 0 saturated carbocycles. The molecule has 2 N–H and O–H groups in total. The van der Waals surface area contributed by atoms with Crippen LogP contribution in [0.5, 0.6) is 0 Å². The van der Waals surface area contributed by atoms with Crippen LogP contribution in [0, 0.1) is 27.7 Å². The van der Waals surface area contributed by atoms with E-state index in [0.29, 0.717) is 62.8 Å². The van der Waals surface area contributed by atoms with Crippen molar-refractivity contribution in [3.8, 4) is 44.5 Å². The van der Waals surface area contributed by atoms with E-state index in [1.807, 2.05) is 139 Å². The number of amides is 1. The lowest BCUT2D eigenvalue weighted by Gasteiger charge is -2.29. The molecule has 1 saturated heterocycles. The van der Waals surface area contributed by atoms with Crippen LogP contribution in [0.4, 0.5) is 22.7 Å². The maximum absolute atomic E-state index is 12.2. The van der Waals surface area contributed by atoms with Crippen molar-refractivity contribution < 1.29 is 19.2 Å². The molecule has 5 aromatic carbocycles. The average Bonchev–Trinajstić information content (AvgIpc) is 0.785. The monoisotopic (exact) mass is 1470 g/mol. The maximum atomic E-state index is 12.2. The molecule has 5 aliphatic rings. The Morgan fingerprint density at radius 2 is 0.909 bits per heavy atom. The zero-order valence-corrected chi connectivity index (χ0v) is 64.5. The molecule has 2 aliphatic heterocycles. The highest BCUT2D eigenvalue weighted by Gasteiger charge is 2.27. The van der Waals surface area contributed by atoms with Gasteiger partial charge in [0.2, 0.25) is 5.91 Å². The van der Waals surface area contributed by atoms with Crippen molar-refractivity contribution >= 4 is 46.0 Å². The molecule has 0 bridgehead atoms. The molecule has 16 rings (SSSR count). The van der Waals surface area contributed by atoms with Gasteiger partial charge in [-0.05, 0) is 265 Å². The van der Waals surface area contributed by atoms with Gasteiger partial charge in [-0.1, -0.05) is 61.0 Å². The Labute approximate surface area is 642 Å². The minimum atomic E-state index is 0.0102. The number of Topliss-reactive ketones (excluding diaryl/α,β-unsaturated/α-hetero) is 3. The van der Waals surface area contributed by atoms with E-state index in [1.54, 1.807) is 62.9 Å². The van der Waals surface area contributed by atoms with E-state index in [-0.39, 0.29) is 39.7 Å². The van der Waals surface area contributed by atoms with Crippen LogP contribution in [0.25, 0.3) is 44.5 Å². The Kier molecular flexibility index (Phi) is 23.5. The van der Waals surface area contributed by atoms with Crippen LogP contribution in [-0.2, 0) is 112 Å². The number of anilines is 4. The number of aromatic nitrogens is 6. The third kappa shape index (κ3) is 17.8. The summed E-state index contributed by atoms with van der Waals surface area (Å²) >= 11 is 0. The molecule has 18 nitrogen and oxygen atoms in total. The Bertz CT molecular complexity index is 5510. The van der Waals surface area contributed by atoms with Crippen molar-refractivity contribution in [2.24, 2.45) is 28.2 Å². The van der Waals surface area contributed by atoms with Gasteiger partial charge in [0, 0.05) is 163 Å². The van der Waals surface area contributed by atoms with Crippen molar-refractivity contribution in [2.45, 2.75) is 137 Å². The van der Waals surface area contributed by atoms with Crippen LogP contribution in [-0.4, -0.2) is 76.5 Å². The number of piperidine rings is 1. The SMILES string of the molecule is Cc1cc(-c2cc3c(c(CN4CCCCC4)c2)CC(=O)CC3)cn(C)c1=O.Cc1cc(-c2cc3c(c(NCc4ccccn4)c2)CC(=O)CC3)cn(C)c1=O.Cc1cc(-c2cc3c(c(Nc4cccnc4)c2)CC(=O)CC3)cn(C)c1=O.Cc1cc(-c2cc3c(cc2Cc2ccccc2)N(C)C(=O)CC3)cn(C)c1=O. The number of nitrogens with zero attached hydrogens (tertiary/aromatic N) is 8. The minimum Gasteiger partial charge on any atom is -0.379 e. The van der Waals surface area contributed by atoms with Gasteiger partial charge in [0.25, 0.3) is 22.2 Å². The van der Waals surface area contributed by atoms with E-state index < -0.39 is 0 Å². The molecule has 0 unspecified atom stereocenters. The predicted molar refractivity (Wildman–Crippen MR) is 438 cm³/mol. The van der Waals surface area contributed by atoms with Gasteiger partial charge >= 0.3 is 0 Å². The van der Waals surface area contributed by atoms with E-state index in [9.17, 15) is 38.4 Å². The Morgan fingerprint density at radius 3 is 1.44 bits per heavy atom. The fraction of sp³-hybridized carbons (Fsp3) is 0.304. The van der Waals surface area contributed by atoms with E-state index in [2.05, 4.69) is 86.2 Å². The first-order chi connectivity index (χ1) is 53.0. The summed E-state index contributed by atoms with van der Waals surface area (Å²) in [6, 6.07) is 45.1. The van der Waals surface area contributed by atoms with Gasteiger partial charge in [-0.3, -0.25) is 53.2 Å². The number of nitrogens with one attached hydrogen (secondary N) is 2. The zero-order valence-electron chi connectivity index (χ0n) is 64.5. The first kappa shape index (κ1) is 76.4. The third-order valence-electron chi connectivity index (χ3n) is 21.9. The number of rotatable bonds is 13. The molecule has 11 aromatic rings. The second-order valence-corrected chi connectivity index (χ2v) is 30.2. The van der Waals surface area contributed by atoms with Gasteiger partial charge in [0.15, 0.2) is 0 Å². The Hall–Kier alpha value is -11.8. The van der Waals surface area contributed by atoms with Crippen LogP contribution in [0.3, 0.4) is 0 Å². The summed E-state index contributed by atoms with van der Waals surface area (Å²) in [6.45, 7) is 11.2. The minimum absolute atomic E-state index is 0.0102. The number of hydrogen-bond acceptors (Lipinski definition) is 13.